The number of piperidine rings is 1. The molecule has 0 radical (unpaired) electrons. The van der Waals surface area contributed by atoms with Crippen LogP contribution in [0.5, 0.6) is 5.75 Å². The maximum atomic E-state index is 13.6. The van der Waals surface area contributed by atoms with E-state index in [0.717, 1.165) is 32.0 Å². The Morgan fingerprint density at radius 2 is 1.96 bits per heavy atom. The fourth-order valence-corrected chi connectivity index (χ4v) is 6.07. The number of ether oxygens (including phenoxy) is 2. The summed E-state index contributed by atoms with van der Waals surface area (Å²) >= 11 is 0. The van der Waals surface area contributed by atoms with E-state index >= 15 is 0 Å². The minimum Gasteiger partial charge on any atom is -0.495 e. The summed E-state index contributed by atoms with van der Waals surface area (Å²) in [5.41, 5.74) is 0.0861. The van der Waals surface area contributed by atoms with Gasteiger partial charge in [-0.3, -0.25) is 0 Å². The highest BCUT2D eigenvalue weighted by molar-refractivity contribution is 7.89. The van der Waals surface area contributed by atoms with Crippen LogP contribution in [0.3, 0.4) is 0 Å². The predicted molar refractivity (Wildman–Crippen MR) is 96.2 cm³/mol. The average Bonchev–Trinajstić information content (AvgIpc) is 2.90. The molecule has 0 amide bonds. The largest absolute Gasteiger partial charge is 0.495 e. The molecule has 0 aromatic heterocycles. The number of methoxy groups -OCH3 is 2. The van der Waals surface area contributed by atoms with Crippen molar-refractivity contribution in [2.24, 2.45) is 11.3 Å². The third kappa shape index (κ3) is 3.47. The number of rotatable bonds is 5. The third-order valence-corrected chi connectivity index (χ3v) is 7.73. The summed E-state index contributed by atoms with van der Waals surface area (Å²) in [5.74, 6) is -0.00830. The first kappa shape index (κ1) is 19.5. The molecular formula is C18H27FN2O4S. The standard InChI is InChI=1S/C18H27FN2O4S/c1-20-11-14(12-24-2)18(13-20)6-8-21(9-7-18)26(22,23)17-10-15(19)4-5-16(17)25-3/h4-5,10,14H,6-9,11-13H2,1-3H3. The van der Waals surface area contributed by atoms with E-state index in [4.69, 9.17) is 9.47 Å². The van der Waals surface area contributed by atoms with Gasteiger partial charge in [-0.2, -0.15) is 4.31 Å². The molecule has 2 aliphatic rings. The van der Waals surface area contributed by atoms with E-state index in [9.17, 15) is 12.8 Å². The van der Waals surface area contributed by atoms with E-state index in [-0.39, 0.29) is 16.1 Å². The van der Waals surface area contributed by atoms with Gasteiger partial charge in [0.2, 0.25) is 10.0 Å². The van der Waals surface area contributed by atoms with Crippen LogP contribution in [0.4, 0.5) is 4.39 Å². The number of hydrogen-bond donors (Lipinski definition) is 0. The lowest BCUT2D eigenvalue weighted by Crippen LogP contribution is -2.47. The van der Waals surface area contributed by atoms with Crippen molar-refractivity contribution in [2.45, 2.75) is 17.7 Å². The van der Waals surface area contributed by atoms with Crippen LogP contribution in [-0.4, -0.2) is 71.7 Å². The van der Waals surface area contributed by atoms with Gasteiger partial charge in [-0.1, -0.05) is 0 Å². The van der Waals surface area contributed by atoms with Crippen LogP contribution in [0.2, 0.25) is 0 Å². The smallest absolute Gasteiger partial charge is 0.246 e. The Labute approximate surface area is 154 Å². The second kappa shape index (κ2) is 7.42. The highest BCUT2D eigenvalue weighted by atomic mass is 32.2. The van der Waals surface area contributed by atoms with Crippen molar-refractivity contribution in [1.29, 1.82) is 0 Å². The van der Waals surface area contributed by atoms with Crippen molar-refractivity contribution in [3.05, 3.63) is 24.0 Å². The Morgan fingerprint density at radius 1 is 1.27 bits per heavy atom. The second-order valence-electron chi connectivity index (χ2n) is 7.41. The first-order valence-electron chi connectivity index (χ1n) is 8.83. The topological polar surface area (TPSA) is 59.1 Å². The molecule has 2 heterocycles. The minimum atomic E-state index is -3.79. The van der Waals surface area contributed by atoms with Crippen LogP contribution < -0.4 is 4.74 Å². The zero-order valence-corrected chi connectivity index (χ0v) is 16.4. The van der Waals surface area contributed by atoms with Crippen molar-refractivity contribution in [1.82, 2.24) is 9.21 Å². The lowest BCUT2D eigenvalue weighted by Gasteiger charge is -2.42. The average molecular weight is 386 g/mol. The monoisotopic (exact) mass is 386 g/mol. The Kier molecular flexibility index (Phi) is 5.58. The molecule has 3 rings (SSSR count). The SMILES string of the molecule is COCC1CN(C)CC12CCN(S(=O)(=O)c1cc(F)ccc1OC)CC2. The lowest BCUT2D eigenvalue weighted by atomic mass is 9.71. The Balaban J connectivity index is 1.80. The van der Waals surface area contributed by atoms with Crippen LogP contribution in [0, 0.1) is 17.2 Å². The normalized spacial score (nSPS) is 24.2. The highest BCUT2D eigenvalue weighted by Gasteiger charge is 2.48. The maximum Gasteiger partial charge on any atom is 0.246 e. The summed E-state index contributed by atoms with van der Waals surface area (Å²) in [6.07, 6.45) is 1.56. The van der Waals surface area contributed by atoms with Gasteiger partial charge in [-0.25, -0.2) is 12.8 Å². The van der Waals surface area contributed by atoms with Crippen LogP contribution >= 0.6 is 0 Å². The van der Waals surface area contributed by atoms with Crippen LogP contribution in [-0.2, 0) is 14.8 Å². The number of benzene rings is 1. The molecule has 146 valence electrons. The molecule has 26 heavy (non-hydrogen) atoms. The molecule has 0 aliphatic carbocycles. The quantitative estimate of drug-likeness (QED) is 0.773. The van der Waals surface area contributed by atoms with Gasteiger partial charge in [0, 0.05) is 39.2 Å². The number of sulfonamides is 1. The Bertz CT molecular complexity index is 748. The van der Waals surface area contributed by atoms with Crippen molar-refractivity contribution < 1.29 is 22.3 Å². The summed E-state index contributed by atoms with van der Waals surface area (Å²) < 4.78 is 51.7. The van der Waals surface area contributed by atoms with Crippen LogP contribution in [0.15, 0.2) is 23.1 Å². The first-order chi connectivity index (χ1) is 12.3. The molecule has 2 saturated heterocycles. The Morgan fingerprint density at radius 3 is 2.58 bits per heavy atom. The van der Waals surface area contributed by atoms with E-state index in [2.05, 4.69) is 11.9 Å². The molecule has 2 fully saturated rings. The molecule has 1 atom stereocenters. The molecule has 0 N–H and O–H groups in total. The number of halogens is 1. The minimum absolute atomic E-state index is 0.0861. The number of nitrogens with zero attached hydrogens (tertiary/aromatic N) is 2. The van der Waals surface area contributed by atoms with Crippen molar-refractivity contribution in [2.75, 3.05) is 54.1 Å². The van der Waals surface area contributed by atoms with Crippen molar-refractivity contribution in [3.63, 3.8) is 0 Å². The molecule has 1 aromatic carbocycles. The van der Waals surface area contributed by atoms with Crippen LogP contribution in [0.1, 0.15) is 12.8 Å². The van der Waals surface area contributed by atoms with Gasteiger partial charge in [-0.05, 0) is 43.5 Å². The number of likely N-dealkylation sites (tertiary alicyclic amines) is 1. The molecule has 1 aromatic rings. The predicted octanol–water partition coefficient (Wildman–Crippen LogP) is 1.81. The molecule has 0 saturated carbocycles. The zero-order valence-electron chi connectivity index (χ0n) is 15.6. The molecule has 8 heteroatoms. The fraction of sp³-hybridized carbons (Fsp3) is 0.667. The zero-order chi connectivity index (χ0) is 18.9. The maximum absolute atomic E-state index is 13.6. The van der Waals surface area contributed by atoms with Crippen molar-refractivity contribution >= 4 is 10.0 Å². The molecule has 0 bridgehead atoms. The van der Waals surface area contributed by atoms with Gasteiger partial charge in [0.25, 0.3) is 0 Å². The summed E-state index contributed by atoms with van der Waals surface area (Å²) in [5, 5.41) is 0. The second-order valence-corrected chi connectivity index (χ2v) is 9.32. The molecule has 6 nitrogen and oxygen atoms in total. The third-order valence-electron chi connectivity index (χ3n) is 5.81. The van der Waals surface area contributed by atoms with Gasteiger partial charge in [-0.15, -0.1) is 0 Å². The fourth-order valence-electron chi connectivity index (χ4n) is 4.46. The summed E-state index contributed by atoms with van der Waals surface area (Å²) in [4.78, 5) is 2.19. The van der Waals surface area contributed by atoms with E-state index in [0.29, 0.717) is 25.6 Å². The number of hydrogen-bond acceptors (Lipinski definition) is 5. The van der Waals surface area contributed by atoms with E-state index < -0.39 is 15.8 Å². The summed E-state index contributed by atoms with van der Waals surface area (Å²) in [7, 11) is 1.40. The highest BCUT2D eigenvalue weighted by Crippen LogP contribution is 2.45. The summed E-state index contributed by atoms with van der Waals surface area (Å²) in [6, 6.07) is 3.59. The molecule has 2 aliphatic heterocycles. The van der Waals surface area contributed by atoms with Gasteiger partial charge in [0.15, 0.2) is 0 Å². The van der Waals surface area contributed by atoms with Gasteiger partial charge in [0.05, 0.1) is 13.7 Å². The van der Waals surface area contributed by atoms with Crippen molar-refractivity contribution in [3.8, 4) is 5.75 Å². The van der Waals surface area contributed by atoms with Gasteiger partial charge >= 0.3 is 0 Å². The van der Waals surface area contributed by atoms with Gasteiger partial charge in [0.1, 0.15) is 16.5 Å². The summed E-state index contributed by atoms with van der Waals surface area (Å²) in [6.45, 7) is 3.47. The van der Waals surface area contributed by atoms with Gasteiger partial charge < -0.3 is 14.4 Å². The molecule has 1 unspecified atom stereocenters. The van der Waals surface area contributed by atoms with E-state index in [1.54, 1.807) is 7.11 Å². The lowest BCUT2D eigenvalue weighted by molar-refractivity contribution is 0.0569. The molecular weight excluding hydrogens is 359 g/mol. The Hall–Kier alpha value is -1.22. The van der Waals surface area contributed by atoms with E-state index in [1.807, 2.05) is 0 Å². The molecule has 1 spiro atoms. The van der Waals surface area contributed by atoms with Crippen LogP contribution in [0.25, 0.3) is 0 Å². The van der Waals surface area contributed by atoms with E-state index in [1.165, 1.54) is 23.5 Å². The first-order valence-corrected chi connectivity index (χ1v) is 10.3.